The van der Waals surface area contributed by atoms with Crippen LogP contribution in [0.25, 0.3) is 83.9 Å². The summed E-state index contributed by atoms with van der Waals surface area (Å²) in [6.07, 6.45) is 0. The van der Waals surface area contributed by atoms with Crippen LogP contribution in [0.1, 0.15) is 16.7 Å². The second-order valence-corrected chi connectivity index (χ2v) is 16.7. The highest BCUT2D eigenvalue weighted by Crippen LogP contribution is 2.42. The van der Waals surface area contributed by atoms with Gasteiger partial charge < -0.3 is 9.47 Å². The molecular weight excluding hydrogens is 791 g/mol. The number of rotatable bonds is 9. The van der Waals surface area contributed by atoms with E-state index in [-0.39, 0.29) is 0 Å². The van der Waals surface area contributed by atoms with Gasteiger partial charge in [0.2, 0.25) is 0 Å². The first-order chi connectivity index (χ1) is 31.9. The molecule has 0 atom stereocenters. The van der Waals surface area contributed by atoms with Gasteiger partial charge in [-0.25, -0.2) is 15.0 Å². The Morgan fingerprint density at radius 2 is 0.831 bits per heavy atom. The van der Waals surface area contributed by atoms with E-state index in [0.29, 0.717) is 17.5 Å². The monoisotopic (exact) mass is 835 g/mol. The molecule has 11 rings (SSSR count). The Hall–Kier alpha value is -8.41. The molecule has 65 heavy (non-hydrogen) atoms. The lowest BCUT2D eigenvalue weighted by atomic mass is 9.99. The van der Waals surface area contributed by atoms with Gasteiger partial charge in [-0.1, -0.05) is 157 Å². The first-order valence-electron chi connectivity index (χ1n) is 22.1. The first-order valence-corrected chi connectivity index (χ1v) is 22.1. The zero-order valence-corrected chi connectivity index (χ0v) is 36.5. The third-order valence-corrected chi connectivity index (χ3v) is 12.4. The quantitative estimate of drug-likeness (QED) is 0.145. The number of hydrogen-bond acceptors (Lipinski definition) is 4. The van der Waals surface area contributed by atoms with Gasteiger partial charge in [0.25, 0.3) is 0 Å². The molecule has 0 aliphatic carbocycles. The predicted octanol–water partition coefficient (Wildman–Crippen LogP) is 15.7. The van der Waals surface area contributed by atoms with Crippen LogP contribution in [-0.4, -0.2) is 19.5 Å². The average molecular weight is 836 g/mol. The largest absolute Gasteiger partial charge is 0.310 e. The molecule has 9 aromatic carbocycles. The van der Waals surface area contributed by atoms with Crippen molar-refractivity contribution in [2.75, 3.05) is 4.90 Å². The summed E-state index contributed by atoms with van der Waals surface area (Å²) in [5, 5.41) is 2.47. The lowest BCUT2D eigenvalue weighted by Gasteiger charge is -2.28. The van der Waals surface area contributed by atoms with Crippen molar-refractivity contribution in [3.8, 4) is 62.1 Å². The van der Waals surface area contributed by atoms with E-state index in [1.807, 2.05) is 60.7 Å². The van der Waals surface area contributed by atoms with Crippen LogP contribution in [0, 0.1) is 20.8 Å². The fraction of sp³-hybridized carbons (Fsp3) is 0.0500. The number of fused-ring (bicyclic) bond motifs is 3. The minimum atomic E-state index is 0.645. The van der Waals surface area contributed by atoms with Gasteiger partial charge in [0.1, 0.15) is 0 Å². The zero-order chi connectivity index (χ0) is 43.9. The molecule has 2 heterocycles. The van der Waals surface area contributed by atoms with Crippen LogP contribution in [0.3, 0.4) is 0 Å². The number of hydrogen-bond donors (Lipinski definition) is 0. The Labute approximate surface area is 379 Å². The van der Waals surface area contributed by atoms with Crippen LogP contribution in [0.4, 0.5) is 17.1 Å². The summed E-state index contributed by atoms with van der Waals surface area (Å²) in [6, 6.07) is 77.5. The number of anilines is 3. The van der Waals surface area contributed by atoms with E-state index in [1.165, 1.54) is 44.1 Å². The van der Waals surface area contributed by atoms with Gasteiger partial charge >= 0.3 is 0 Å². The molecule has 0 N–H and O–H groups in total. The van der Waals surface area contributed by atoms with Crippen molar-refractivity contribution in [2.24, 2.45) is 0 Å². The van der Waals surface area contributed by atoms with Crippen molar-refractivity contribution in [3.63, 3.8) is 0 Å². The average Bonchev–Trinajstić information content (AvgIpc) is 3.70. The molecule has 11 aromatic rings. The lowest BCUT2D eigenvalue weighted by Crippen LogP contribution is -2.12. The molecule has 0 bridgehead atoms. The topological polar surface area (TPSA) is 46.8 Å². The van der Waals surface area contributed by atoms with Gasteiger partial charge in [-0.2, -0.15) is 0 Å². The second kappa shape index (κ2) is 16.7. The molecule has 0 aliphatic rings. The molecule has 0 saturated heterocycles. The maximum atomic E-state index is 5.09. The van der Waals surface area contributed by atoms with Crippen molar-refractivity contribution >= 4 is 38.9 Å². The predicted molar refractivity (Wildman–Crippen MR) is 270 cm³/mol. The maximum Gasteiger partial charge on any atom is 0.164 e. The van der Waals surface area contributed by atoms with Gasteiger partial charge in [0.05, 0.1) is 11.0 Å². The van der Waals surface area contributed by atoms with Crippen LogP contribution in [-0.2, 0) is 0 Å². The van der Waals surface area contributed by atoms with E-state index in [4.69, 9.17) is 15.0 Å². The molecule has 0 aliphatic heterocycles. The fourth-order valence-corrected chi connectivity index (χ4v) is 9.00. The molecule has 0 radical (unpaired) electrons. The van der Waals surface area contributed by atoms with Crippen LogP contribution in [0.15, 0.2) is 218 Å². The smallest absolute Gasteiger partial charge is 0.164 e. The Bertz CT molecular complexity index is 3410. The Kier molecular flexibility index (Phi) is 10.1. The number of benzene rings is 9. The Balaban J connectivity index is 1.01. The van der Waals surface area contributed by atoms with Crippen molar-refractivity contribution < 1.29 is 0 Å². The SMILES string of the molecule is Cc1ccc(-c2ccc(N(c3ccc(-c4ccc5c(c4)c4ccccc4n5-c4ccccc4)cc3)c3cc(C)c(-c4nc(-c5ccccc5)nc(-c5ccccc5)n4)cc3C)cc2)cc1. The molecule has 5 nitrogen and oxygen atoms in total. The summed E-state index contributed by atoms with van der Waals surface area (Å²) in [5.74, 6) is 1.94. The molecule has 0 fully saturated rings. The highest BCUT2D eigenvalue weighted by atomic mass is 15.1. The minimum Gasteiger partial charge on any atom is -0.310 e. The van der Waals surface area contributed by atoms with Crippen LogP contribution < -0.4 is 4.90 Å². The molecule has 0 unspecified atom stereocenters. The van der Waals surface area contributed by atoms with E-state index in [2.05, 4.69) is 188 Å². The van der Waals surface area contributed by atoms with E-state index in [9.17, 15) is 0 Å². The Morgan fingerprint density at radius 3 is 1.43 bits per heavy atom. The molecule has 310 valence electrons. The Morgan fingerprint density at radius 1 is 0.354 bits per heavy atom. The second-order valence-electron chi connectivity index (χ2n) is 16.7. The third-order valence-electron chi connectivity index (χ3n) is 12.4. The summed E-state index contributed by atoms with van der Waals surface area (Å²) in [5.41, 5.74) is 17.7. The number of aryl methyl sites for hydroxylation is 3. The first kappa shape index (κ1) is 39.4. The summed E-state index contributed by atoms with van der Waals surface area (Å²) in [7, 11) is 0. The maximum absolute atomic E-state index is 5.09. The summed E-state index contributed by atoms with van der Waals surface area (Å²) in [6.45, 7) is 6.46. The highest BCUT2D eigenvalue weighted by molar-refractivity contribution is 6.10. The van der Waals surface area contributed by atoms with Gasteiger partial charge in [-0.15, -0.1) is 0 Å². The van der Waals surface area contributed by atoms with Gasteiger partial charge in [-0.05, 0) is 121 Å². The van der Waals surface area contributed by atoms with E-state index in [0.717, 1.165) is 56.1 Å². The number of nitrogens with zero attached hydrogens (tertiary/aromatic N) is 5. The normalized spacial score (nSPS) is 11.3. The molecule has 0 amide bonds. The fourth-order valence-electron chi connectivity index (χ4n) is 9.00. The molecule has 5 heteroatoms. The van der Waals surface area contributed by atoms with Gasteiger partial charge in [-0.3, -0.25) is 0 Å². The zero-order valence-electron chi connectivity index (χ0n) is 36.5. The third kappa shape index (κ3) is 7.53. The molecule has 0 spiro atoms. The number of aromatic nitrogens is 4. The van der Waals surface area contributed by atoms with E-state index < -0.39 is 0 Å². The van der Waals surface area contributed by atoms with Crippen LogP contribution in [0.2, 0.25) is 0 Å². The standard InChI is InChI=1S/C60H45N5/c1-40-23-25-43(26-24-40)44-27-32-50(33-28-44)64(51-34-29-45(30-35-51)48-31-36-56-54(39-48)52-21-13-14-22-55(52)65(56)49-19-11-6-12-20-49)57-38-41(2)53(37-42(57)3)60-62-58(46-15-7-4-8-16-46)61-59(63-60)47-17-9-5-10-18-47/h4-39H,1-3H3. The van der Waals surface area contributed by atoms with Crippen molar-refractivity contribution in [3.05, 3.63) is 235 Å². The highest BCUT2D eigenvalue weighted by Gasteiger charge is 2.21. The summed E-state index contributed by atoms with van der Waals surface area (Å²) >= 11 is 0. The number of para-hydroxylation sites is 2. The van der Waals surface area contributed by atoms with Crippen LogP contribution in [0.5, 0.6) is 0 Å². The molecule has 0 saturated carbocycles. The lowest BCUT2D eigenvalue weighted by molar-refractivity contribution is 1.07. The van der Waals surface area contributed by atoms with Gasteiger partial charge in [0, 0.05) is 50.2 Å². The summed E-state index contributed by atoms with van der Waals surface area (Å²) in [4.78, 5) is 17.5. The molecule has 2 aromatic heterocycles. The van der Waals surface area contributed by atoms with E-state index >= 15 is 0 Å². The minimum absolute atomic E-state index is 0.645. The van der Waals surface area contributed by atoms with Crippen LogP contribution >= 0.6 is 0 Å². The summed E-state index contributed by atoms with van der Waals surface area (Å²) < 4.78 is 2.36. The van der Waals surface area contributed by atoms with Crippen molar-refractivity contribution in [1.29, 1.82) is 0 Å². The van der Waals surface area contributed by atoms with Crippen molar-refractivity contribution in [1.82, 2.24) is 19.5 Å². The van der Waals surface area contributed by atoms with E-state index in [1.54, 1.807) is 0 Å². The molecular formula is C60H45N5. The van der Waals surface area contributed by atoms with Gasteiger partial charge in [0.15, 0.2) is 17.5 Å². The van der Waals surface area contributed by atoms with Crippen molar-refractivity contribution in [2.45, 2.75) is 20.8 Å².